The quantitative estimate of drug-likeness (QED) is 0.672. The van der Waals surface area contributed by atoms with Crippen LogP contribution in [0.5, 0.6) is 0 Å². The molecule has 3 heteroatoms. The van der Waals surface area contributed by atoms with Gasteiger partial charge >= 0.3 is 0 Å². The van der Waals surface area contributed by atoms with Gasteiger partial charge in [-0.05, 0) is 70.1 Å². The van der Waals surface area contributed by atoms with Crippen LogP contribution < -0.4 is 0 Å². The molecule has 0 aromatic heterocycles. The molecule has 2 aliphatic rings. The lowest BCUT2D eigenvalue weighted by atomic mass is 9.54. The first-order valence-electron chi connectivity index (χ1n) is 7.27. The first-order chi connectivity index (χ1) is 8.14. The fraction of sp³-hybridized carbons (Fsp3) is 1.00. The Morgan fingerprint density at radius 3 is 2.33 bits per heavy atom. The van der Waals surface area contributed by atoms with Crippen LogP contribution in [0.25, 0.3) is 0 Å². The summed E-state index contributed by atoms with van der Waals surface area (Å²) in [7, 11) is 0. The van der Waals surface area contributed by atoms with Crippen molar-refractivity contribution in [3.05, 3.63) is 0 Å². The van der Waals surface area contributed by atoms with Gasteiger partial charge in [-0.15, -0.1) is 0 Å². The molecule has 3 nitrogen and oxygen atoms in total. The average molecular weight is 256 g/mol. The van der Waals surface area contributed by atoms with E-state index in [0.717, 1.165) is 25.7 Å². The van der Waals surface area contributed by atoms with E-state index in [2.05, 4.69) is 6.92 Å². The zero-order valence-corrected chi connectivity index (χ0v) is 12.1. The molecule has 6 atom stereocenters. The van der Waals surface area contributed by atoms with Crippen LogP contribution in [0.3, 0.4) is 0 Å². The molecule has 0 radical (unpaired) electrons. The summed E-state index contributed by atoms with van der Waals surface area (Å²) in [4.78, 5) is 0. The van der Waals surface area contributed by atoms with Crippen LogP contribution in [0, 0.1) is 23.7 Å². The van der Waals surface area contributed by atoms with Crippen molar-refractivity contribution in [2.75, 3.05) is 0 Å². The van der Waals surface area contributed by atoms with Gasteiger partial charge in [0.15, 0.2) is 0 Å². The molecule has 0 aliphatic heterocycles. The van der Waals surface area contributed by atoms with E-state index in [9.17, 15) is 15.3 Å². The number of aliphatic hydroxyl groups excluding tert-OH is 1. The van der Waals surface area contributed by atoms with Crippen LogP contribution >= 0.6 is 0 Å². The number of aliphatic hydroxyl groups is 3. The molecule has 18 heavy (non-hydrogen) atoms. The minimum atomic E-state index is -0.780. The van der Waals surface area contributed by atoms with Gasteiger partial charge in [0.25, 0.3) is 0 Å². The molecule has 3 N–H and O–H groups in total. The van der Waals surface area contributed by atoms with E-state index in [1.807, 2.05) is 20.8 Å². The molecule has 2 fully saturated rings. The van der Waals surface area contributed by atoms with Crippen LogP contribution in [0.4, 0.5) is 0 Å². The van der Waals surface area contributed by atoms with Gasteiger partial charge in [-0.3, -0.25) is 0 Å². The molecule has 0 heterocycles. The maximum Gasteiger partial charge on any atom is 0.0651 e. The standard InChI is InChI=1S/C15H28O3/c1-9-5-6-11-12(13(9)16)10(14(2,3)17)7-8-15(11,4)18/h9-13,16-18H,5-8H2,1-4H3/t9-,10-,11-,12-,13-,15+/m1/s1. The number of rotatable bonds is 1. The van der Waals surface area contributed by atoms with Crippen molar-refractivity contribution in [1.29, 1.82) is 0 Å². The summed E-state index contributed by atoms with van der Waals surface area (Å²) in [5.41, 5.74) is -1.47. The summed E-state index contributed by atoms with van der Waals surface area (Å²) >= 11 is 0. The van der Waals surface area contributed by atoms with Crippen LogP contribution in [-0.4, -0.2) is 32.6 Å². The molecule has 0 aromatic rings. The Morgan fingerprint density at radius 2 is 1.78 bits per heavy atom. The van der Waals surface area contributed by atoms with Crippen LogP contribution in [0.1, 0.15) is 53.4 Å². The fourth-order valence-electron chi connectivity index (χ4n) is 4.32. The molecule has 2 aliphatic carbocycles. The third kappa shape index (κ3) is 2.33. The molecule has 2 rings (SSSR count). The van der Waals surface area contributed by atoms with Crippen molar-refractivity contribution in [3.63, 3.8) is 0 Å². The molecular weight excluding hydrogens is 228 g/mol. The minimum Gasteiger partial charge on any atom is -0.393 e. The summed E-state index contributed by atoms with van der Waals surface area (Å²) in [5.74, 6) is 0.497. The Labute approximate surface area is 110 Å². The molecule has 2 saturated carbocycles. The Bertz CT molecular complexity index is 303. The predicted octanol–water partition coefficient (Wildman–Crippen LogP) is 1.94. The second-order valence-corrected chi connectivity index (χ2v) is 7.39. The number of hydrogen-bond acceptors (Lipinski definition) is 3. The van der Waals surface area contributed by atoms with Crippen molar-refractivity contribution < 1.29 is 15.3 Å². The van der Waals surface area contributed by atoms with Crippen LogP contribution in [-0.2, 0) is 0 Å². The van der Waals surface area contributed by atoms with Crippen molar-refractivity contribution >= 4 is 0 Å². The second kappa shape index (κ2) is 4.46. The van der Waals surface area contributed by atoms with E-state index in [-0.39, 0.29) is 23.7 Å². The third-order valence-corrected chi connectivity index (χ3v) is 5.51. The highest BCUT2D eigenvalue weighted by atomic mass is 16.3. The van der Waals surface area contributed by atoms with Crippen molar-refractivity contribution in [1.82, 2.24) is 0 Å². The van der Waals surface area contributed by atoms with E-state index < -0.39 is 17.3 Å². The largest absolute Gasteiger partial charge is 0.393 e. The van der Waals surface area contributed by atoms with Crippen LogP contribution in [0.15, 0.2) is 0 Å². The summed E-state index contributed by atoms with van der Waals surface area (Å²) in [5, 5.41) is 31.4. The van der Waals surface area contributed by atoms with Gasteiger partial charge in [-0.2, -0.15) is 0 Å². The average Bonchev–Trinajstić information content (AvgIpc) is 2.21. The Balaban J connectivity index is 2.32. The molecule has 0 amide bonds. The first kappa shape index (κ1) is 14.3. The summed E-state index contributed by atoms with van der Waals surface area (Å²) in [6, 6.07) is 0. The van der Waals surface area contributed by atoms with Gasteiger partial charge in [0.2, 0.25) is 0 Å². The van der Waals surface area contributed by atoms with Crippen molar-refractivity contribution in [2.45, 2.75) is 70.7 Å². The lowest BCUT2D eigenvalue weighted by molar-refractivity contribution is -0.179. The summed E-state index contributed by atoms with van der Waals surface area (Å²) in [6.07, 6.45) is 3.05. The zero-order chi connectivity index (χ0) is 13.7. The van der Waals surface area contributed by atoms with Gasteiger partial charge in [0, 0.05) is 0 Å². The van der Waals surface area contributed by atoms with Gasteiger partial charge in [-0.25, -0.2) is 0 Å². The van der Waals surface area contributed by atoms with E-state index >= 15 is 0 Å². The topological polar surface area (TPSA) is 60.7 Å². The third-order valence-electron chi connectivity index (χ3n) is 5.51. The summed E-state index contributed by atoms with van der Waals surface area (Å²) < 4.78 is 0. The highest BCUT2D eigenvalue weighted by molar-refractivity contribution is 5.04. The van der Waals surface area contributed by atoms with E-state index in [1.165, 1.54) is 0 Å². The van der Waals surface area contributed by atoms with E-state index in [1.54, 1.807) is 0 Å². The molecule has 106 valence electrons. The SMILES string of the molecule is C[C@@H]1CC[C@@H]2[C@H]([C@@H]1O)[C@H](C(C)(C)O)CC[C@]2(C)O. The number of hydrogen-bond donors (Lipinski definition) is 3. The smallest absolute Gasteiger partial charge is 0.0651 e. The molecule has 0 spiro atoms. The van der Waals surface area contributed by atoms with Gasteiger partial charge in [-0.1, -0.05) is 6.92 Å². The van der Waals surface area contributed by atoms with Crippen molar-refractivity contribution in [3.8, 4) is 0 Å². The maximum atomic E-state index is 10.6. The van der Waals surface area contributed by atoms with E-state index in [0.29, 0.717) is 0 Å². The Morgan fingerprint density at radius 1 is 1.17 bits per heavy atom. The minimum absolute atomic E-state index is 0.0255. The van der Waals surface area contributed by atoms with Crippen molar-refractivity contribution in [2.24, 2.45) is 23.7 Å². The van der Waals surface area contributed by atoms with Gasteiger partial charge in [0.1, 0.15) is 0 Å². The Hall–Kier alpha value is -0.120. The predicted molar refractivity (Wildman–Crippen MR) is 71.0 cm³/mol. The maximum absolute atomic E-state index is 10.6. The molecule has 0 unspecified atom stereocenters. The Kier molecular flexibility index (Phi) is 3.54. The monoisotopic (exact) mass is 256 g/mol. The summed E-state index contributed by atoms with van der Waals surface area (Å²) in [6.45, 7) is 7.64. The molecule has 0 aromatic carbocycles. The first-order valence-corrected chi connectivity index (χ1v) is 7.27. The van der Waals surface area contributed by atoms with Crippen LogP contribution in [0.2, 0.25) is 0 Å². The fourth-order valence-corrected chi connectivity index (χ4v) is 4.32. The number of fused-ring (bicyclic) bond motifs is 1. The highest BCUT2D eigenvalue weighted by Crippen LogP contribution is 2.52. The highest BCUT2D eigenvalue weighted by Gasteiger charge is 2.54. The van der Waals surface area contributed by atoms with Gasteiger partial charge in [0.05, 0.1) is 17.3 Å². The van der Waals surface area contributed by atoms with E-state index in [4.69, 9.17) is 0 Å². The molecule has 0 saturated heterocycles. The normalized spacial score (nSPS) is 49.8. The lowest BCUT2D eigenvalue weighted by Crippen LogP contribution is -2.58. The molecular formula is C15H28O3. The van der Waals surface area contributed by atoms with Gasteiger partial charge < -0.3 is 15.3 Å². The second-order valence-electron chi connectivity index (χ2n) is 7.39. The lowest BCUT2D eigenvalue weighted by Gasteiger charge is -2.55. The molecule has 0 bridgehead atoms. The zero-order valence-electron chi connectivity index (χ0n) is 12.1.